The third-order valence-corrected chi connectivity index (χ3v) is 5.64. The van der Waals surface area contributed by atoms with Gasteiger partial charge in [-0.2, -0.15) is 0 Å². The molecule has 0 spiro atoms. The average molecular weight is 468 g/mol. The predicted octanol–water partition coefficient (Wildman–Crippen LogP) is 6.03. The zero-order valence-electron chi connectivity index (χ0n) is 19.5. The van der Waals surface area contributed by atoms with Crippen LogP contribution in [0.4, 0.5) is 16.2 Å². The fraction of sp³-hybridized carbons (Fsp3) is 0.172. The van der Waals surface area contributed by atoms with E-state index in [-0.39, 0.29) is 12.5 Å². The van der Waals surface area contributed by atoms with Crippen molar-refractivity contribution < 1.29 is 14.3 Å². The Morgan fingerprint density at radius 3 is 2.23 bits per heavy atom. The van der Waals surface area contributed by atoms with Gasteiger partial charge in [-0.15, -0.1) is 0 Å². The van der Waals surface area contributed by atoms with E-state index in [1.807, 2.05) is 91.0 Å². The Hall–Kier alpha value is -4.32. The summed E-state index contributed by atoms with van der Waals surface area (Å²) in [5.41, 5.74) is 2.35. The van der Waals surface area contributed by atoms with Crippen LogP contribution in [-0.4, -0.2) is 43.1 Å². The molecule has 0 aliphatic heterocycles. The van der Waals surface area contributed by atoms with E-state index < -0.39 is 6.09 Å². The van der Waals surface area contributed by atoms with Crippen molar-refractivity contribution in [3.8, 4) is 0 Å². The molecule has 6 nitrogen and oxygen atoms in total. The summed E-state index contributed by atoms with van der Waals surface area (Å²) >= 11 is 0. The third kappa shape index (κ3) is 6.84. The van der Waals surface area contributed by atoms with Crippen molar-refractivity contribution in [1.82, 2.24) is 4.90 Å². The second-order valence-electron chi connectivity index (χ2n) is 8.09. The first-order valence-corrected chi connectivity index (χ1v) is 11.8. The number of nitrogens with one attached hydrogen (secondary N) is 2. The summed E-state index contributed by atoms with van der Waals surface area (Å²) in [6, 6.07) is 32.7. The number of anilines is 2. The van der Waals surface area contributed by atoms with Gasteiger partial charge in [0, 0.05) is 29.7 Å². The van der Waals surface area contributed by atoms with Crippen LogP contribution in [0.15, 0.2) is 103 Å². The number of amides is 2. The molecule has 0 saturated heterocycles. The maximum Gasteiger partial charge on any atom is 0.411 e. The minimum Gasteiger partial charge on any atom is -0.447 e. The second kappa shape index (κ2) is 12.2. The van der Waals surface area contributed by atoms with E-state index in [0.717, 1.165) is 29.4 Å². The average Bonchev–Trinajstić information content (AvgIpc) is 2.91. The first-order valence-electron chi connectivity index (χ1n) is 11.8. The highest BCUT2D eigenvalue weighted by atomic mass is 16.5. The molecule has 0 atom stereocenters. The predicted molar refractivity (Wildman–Crippen MR) is 141 cm³/mol. The van der Waals surface area contributed by atoms with Gasteiger partial charge in [-0.1, -0.05) is 72.8 Å². The molecular formula is C29H29N3O3. The summed E-state index contributed by atoms with van der Waals surface area (Å²) in [6.45, 7) is 1.68. The molecule has 2 amide bonds. The third-order valence-electron chi connectivity index (χ3n) is 5.64. The van der Waals surface area contributed by atoms with E-state index in [1.54, 1.807) is 17.0 Å². The van der Waals surface area contributed by atoms with Crippen molar-refractivity contribution in [2.75, 3.05) is 36.9 Å². The van der Waals surface area contributed by atoms with Gasteiger partial charge in [-0.25, -0.2) is 4.79 Å². The standard InChI is InChI=1S/C29H29N3O3/c33-28(24-12-3-1-4-13-24)32(20-10-19-30-25-15-5-2-6-16-25)21-22-35-29(34)31-27-18-9-14-23-11-7-8-17-26(23)27/h1-9,11-18,30H,10,19-22H2,(H,31,34). The Balaban J connectivity index is 1.31. The van der Waals surface area contributed by atoms with Crippen molar-refractivity contribution in [1.29, 1.82) is 0 Å². The zero-order chi connectivity index (χ0) is 24.3. The Bertz CT molecular complexity index is 1240. The SMILES string of the molecule is O=C(Nc1cccc2ccccc12)OCCN(CCCNc1ccccc1)C(=O)c1ccccc1. The number of rotatable bonds is 10. The first-order chi connectivity index (χ1) is 17.2. The number of carbonyl (C=O) groups excluding carboxylic acids is 2. The molecule has 2 N–H and O–H groups in total. The van der Waals surface area contributed by atoms with Gasteiger partial charge < -0.3 is 15.0 Å². The maximum atomic E-state index is 13.1. The number of ether oxygens (including phenoxy) is 1. The lowest BCUT2D eigenvalue weighted by atomic mass is 10.1. The maximum absolute atomic E-state index is 13.1. The molecule has 0 radical (unpaired) electrons. The van der Waals surface area contributed by atoms with Crippen LogP contribution in [-0.2, 0) is 4.74 Å². The summed E-state index contributed by atoms with van der Waals surface area (Å²) in [6.07, 6.45) is 0.217. The summed E-state index contributed by atoms with van der Waals surface area (Å²) in [5, 5.41) is 8.16. The Morgan fingerprint density at radius 2 is 1.43 bits per heavy atom. The molecule has 0 saturated carbocycles. The number of hydrogen-bond donors (Lipinski definition) is 2. The van der Waals surface area contributed by atoms with Crippen LogP contribution >= 0.6 is 0 Å². The molecule has 0 unspecified atom stereocenters. The Morgan fingerprint density at radius 1 is 0.743 bits per heavy atom. The number of benzene rings is 4. The molecule has 4 rings (SSSR count). The quantitative estimate of drug-likeness (QED) is 0.279. The number of carbonyl (C=O) groups is 2. The van der Waals surface area contributed by atoms with Gasteiger partial charge in [0.1, 0.15) is 6.61 Å². The largest absolute Gasteiger partial charge is 0.447 e. The molecule has 178 valence electrons. The van der Waals surface area contributed by atoms with Gasteiger partial charge in [-0.3, -0.25) is 10.1 Å². The van der Waals surface area contributed by atoms with E-state index in [1.165, 1.54) is 0 Å². The van der Waals surface area contributed by atoms with E-state index in [9.17, 15) is 9.59 Å². The highest BCUT2D eigenvalue weighted by Gasteiger charge is 2.16. The van der Waals surface area contributed by atoms with Crippen LogP contribution in [0.1, 0.15) is 16.8 Å². The number of hydrogen-bond acceptors (Lipinski definition) is 4. The molecule has 0 heterocycles. The smallest absolute Gasteiger partial charge is 0.411 e. The highest BCUT2D eigenvalue weighted by Crippen LogP contribution is 2.23. The van der Waals surface area contributed by atoms with Crippen molar-refractivity contribution in [3.05, 3.63) is 109 Å². The molecule has 0 aromatic heterocycles. The molecule has 4 aromatic rings. The zero-order valence-corrected chi connectivity index (χ0v) is 19.5. The summed E-state index contributed by atoms with van der Waals surface area (Å²) in [4.78, 5) is 27.2. The van der Waals surface area contributed by atoms with Crippen molar-refractivity contribution in [2.24, 2.45) is 0 Å². The normalized spacial score (nSPS) is 10.5. The number of fused-ring (bicyclic) bond motifs is 1. The van der Waals surface area contributed by atoms with Gasteiger partial charge in [0.05, 0.1) is 12.2 Å². The van der Waals surface area contributed by atoms with Crippen LogP contribution in [0, 0.1) is 0 Å². The minimum atomic E-state index is -0.542. The monoisotopic (exact) mass is 467 g/mol. The van der Waals surface area contributed by atoms with Gasteiger partial charge in [-0.05, 0) is 42.1 Å². The molecular weight excluding hydrogens is 438 g/mol. The molecule has 0 aliphatic rings. The lowest BCUT2D eigenvalue weighted by molar-refractivity contribution is 0.0705. The first kappa shape index (κ1) is 23.8. The number of nitrogens with zero attached hydrogens (tertiary/aromatic N) is 1. The van der Waals surface area contributed by atoms with Gasteiger partial charge in [0.2, 0.25) is 0 Å². The van der Waals surface area contributed by atoms with Crippen molar-refractivity contribution in [3.63, 3.8) is 0 Å². The fourth-order valence-corrected chi connectivity index (χ4v) is 3.87. The summed E-state index contributed by atoms with van der Waals surface area (Å²) < 4.78 is 5.43. The summed E-state index contributed by atoms with van der Waals surface area (Å²) in [7, 11) is 0. The molecule has 4 aromatic carbocycles. The van der Waals surface area contributed by atoms with Crippen LogP contribution in [0.25, 0.3) is 10.8 Å². The van der Waals surface area contributed by atoms with Crippen LogP contribution in [0.2, 0.25) is 0 Å². The van der Waals surface area contributed by atoms with Crippen LogP contribution in [0.5, 0.6) is 0 Å². The Labute approximate surface area is 205 Å². The van der Waals surface area contributed by atoms with Crippen LogP contribution in [0.3, 0.4) is 0 Å². The number of para-hydroxylation sites is 1. The van der Waals surface area contributed by atoms with Gasteiger partial charge >= 0.3 is 6.09 Å². The van der Waals surface area contributed by atoms with Crippen molar-refractivity contribution >= 4 is 34.1 Å². The van der Waals surface area contributed by atoms with E-state index >= 15 is 0 Å². The molecule has 0 bridgehead atoms. The topological polar surface area (TPSA) is 70.7 Å². The molecule has 6 heteroatoms. The lowest BCUT2D eigenvalue weighted by Gasteiger charge is -2.23. The van der Waals surface area contributed by atoms with E-state index in [0.29, 0.717) is 24.3 Å². The molecule has 35 heavy (non-hydrogen) atoms. The molecule has 0 aliphatic carbocycles. The summed E-state index contributed by atoms with van der Waals surface area (Å²) in [5.74, 6) is -0.0802. The van der Waals surface area contributed by atoms with E-state index in [2.05, 4.69) is 10.6 Å². The van der Waals surface area contributed by atoms with Crippen LogP contribution < -0.4 is 10.6 Å². The fourth-order valence-electron chi connectivity index (χ4n) is 3.87. The van der Waals surface area contributed by atoms with Crippen molar-refractivity contribution in [2.45, 2.75) is 6.42 Å². The second-order valence-corrected chi connectivity index (χ2v) is 8.09. The highest BCUT2D eigenvalue weighted by molar-refractivity contribution is 6.00. The minimum absolute atomic E-state index is 0.0802. The van der Waals surface area contributed by atoms with Gasteiger partial charge in [0.25, 0.3) is 5.91 Å². The van der Waals surface area contributed by atoms with E-state index in [4.69, 9.17) is 4.74 Å². The van der Waals surface area contributed by atoms with Gasteiger partial charge in [0.15, 0.2) is 0 Å². The Kier molecular flexibility index (Phi) is 8.32. The lowest BCUT2D eigenvalue weighted by Crippen LogP contribution is -2.36. The molecule has 0 fully saturated rings.